The number of amides is 1. The van der Waals surface area contributed by atoms with Crippen molar-refractivity contribution in [2.75, 3.05) is 18.4 Å². The van der Waals surface area contributed by atoms with E-state index < -0.39 is 0 Å². The lowest BCUT2D eigenvalue weighted by molar-refractivity contribution is -0.131. The normalized spacial score (nSPS) is 20.8. The van der Waals surface area contributed by atoms with E-state index in [-0.39, 0.29) is 17.4 Å². The lowest BCUT2D eigenvalue weighted by Gasteiger charge is -2.18. The molecule has 1 aliphatic carbocycles. The monoisotopic (exact) mass is 356 g/mol. The Morgan fingerprint density at radius 1 is 1.27 bits per heavy atom. The van der Waals surface area contributed by atoms with Gasteiger partial charge in [0.2, 0.25) is 5.91 Å². The molecule has 3 heterocycles. The van der Waals surface area contributed by atoms with Crippen LogP contribution in [-0.2, 0) is 16.8 Å². The molecule has 2 aromatic rings. The van der Waals surface area contributed by atoms with E-state index in [1.807, 2.05) is 4.90 Å². The van der Waals surface area contributed by atoms with Crippen LogP contribution in [0.2, 0.25) is 0 Å². The van der Waals surface area contributed by atoms with Gasteiger partial charge in [0.05, 0.1) is 0 Å². The van der Waals surface area contributed by atoms with E-state index in [1.54, 1.807) is 6.33 Å². The first kappa shape index (κ1) is 17.2. The van der Waals surface area contributed by atoms with Crippen molar-refractivity contribution in [2.45, 2.75) is 65.0 Å². The van der Waals surface area contributed by atoms with Gasteiger partial charge >= 0.3 is 0 Å². The summed E-state index contributed by atoms with van der Waals surface area (Å²) in [5.41, 5.74) is 1.64. The molecule has 0 bridgehead atoms. The highest BCUT2D eigenvalue weighted by Crippen LogP contribution is 2.33. The Morgan fingerprint density at radius 3 is 2.69 bits per heavy atom. The molecule has 2 fully saturated rings. The highest BCUT2D eigenvalue weighted by molar-refractivity contribution is 5.84. The Kier molecular flexibility index (Phi) is 4.12. The maximum atomic E-state index is 12.3. The molecule has 0 unspecified atom stereocenters. The zero-order chi connectivity index (χ0) is 18.5. The van der Waals surface area contributed by atoms with Crippen LogP contribution < -0.4 is 5.32 Å². The maximum Gasteiger partial charge on any atom is 0.225 e. The average Bonchev–Trinajstić information content (AvgIpc) is 3.21. The fourth-order valence-electron chi connectivity index (χ4n) is 3.77. The zero-order valence-electron chi connectivity index (χ0n) is 16.1. The van der Waals surface area contributed by atoms with Crippen LogP contribution in [0.5, 0.6) is 0 Å². The van der Waals surface area contributed by atoms with Gasteiger partial charge in [0.15, 0.2) is 17.0 Å². The molecule has 1 amide bonds. The third-order valence-corrected chi connectivity index (χ3v) is 5.29. The van der Waals surface area contributed by atoms with Gasteiger partial charge in [-0.3, -0.25) is 4.79 Å². The molecule has 2 aromatic heterocycles. The first-order valence-corrected chi connectivity index (χ1v) is 9.65. The third-order valence-electron chi connectivity index (χ3n) is 5.29. The molecular formula is C19H28N6O. The minimum Gasteiger partial charge on any atom is -0.364 e. The second kappa shape index (κ2) is 6.21. The van der Waals surface area contributed by atoms with E-state index in [0.717, 1.165) is 61.7 Å². The Labute approximate surface area is 154 Å². The lowest BCUT2D eigenvalue weighted by atomic mass is 9.96. The highest BCUT2D eigenvalue weighted by Gasteiger charge is 2.36. The van der Waals surface area contributed by atoms with Crippen LogP contribution in [0, 0.1) is 5.92 Å². The molecule has 7 heteroatoms. The minimum atomic E-state index is -0.0607. The summed E-state index contributed by atoms with van der Waals surface area (Å²) in [5.74, 6) is 2.41. The Morgan fingerprint density at radius 2 is 2.04 bits per heavy atom. The largest absolute Gasteiger partial charge is 0.364 e. The summed E-state index contributed by atoms with van der Waals surface area (Å²) < 4.78 is 2.17. The lowest BCUT2D eigenvalue weighted by Crippen LogP contribution is -2.32. The molecular weight excluding hydrogens is 328 g/mol. The van der Waals surface area contributed by atoms with Gasteiger partial charge in [0.25, 0.3) is 0 Å². The van der Waals surface area contributed by atoms with Gasteiger partial charge in [0.1, 0.15) is 12.2 Å². The fraction of sp³-hybridized carbons (Fsp3) is 0.684. The summed E-state index contributed by atoms with van der Waals surface area (Å²) >= 11 is 0. The topological polar surface area (TPSA) is 75.9 Å². The zero-order valence-corrected chi connectivity index (χ0v) is 16.1. The van der Waals surface area contributed by atoms with E-state index in [0.29, 0.717) is 5.91 Å². The van der Waals surface area contributed by atoms with Crippen LogP contribution in [0.3, 0.4) is 0 Å². The SMILES string of the molecule is CCn1c(C(C)(C)C)nc2c(N[C@H]3CCN(C(=O)C4CC4)C3)ncnc21. The molecule has 2 aliphatic rings. The Bertz CT molecular complexity index is 832. The summed E-state index contributed by atoms with van der Waals surface area (Å²) in [6, 6.07) is 0.223. The number of rotatable bonds is 4. The van der Waals surface area contributed by atoms with Gasteiger partial charge in [-0.25, -0.2) is 15.0 Å². The molecule has 1 saturated heterocycles. The van der Waals surface area contributed by atoms with Crippen molar-refractivity contribution in [1.29, 1.82) is 0 Å². The molecule has 1 N–H and O–H groups in total. The number of imidazole rings is 1. The number of likely N-dealkylation sites (tertiary alicyclic amines) is 1. The fourth-order valence-corrected chi connectivity index (χ4v) is 3.77. The quantitative estimate of drug-likeness (QED) is 0.911. The van der Waals surface area contributed by atoms with Gasteiger partial charge in [0, 0.05) is 37.0 Å². The van der Waals surface area contributed by atoms with Crippen molar-refractivity contribution in [3.8, 4) is 0 Å². The molecule has 26 heavy (non-hydrogen) atoms. The average molecular weight is 356 g/mol. The molecule has 0 radical (unpaired) electrons. The number of nitrogens with zero attached hydrogens (tertiary/aromatic N) is 5. The number of carbonyl (C=O) groups is 1. The Balaban J connectivity index is 1.59. The van der Waals surface area contributed by atoms with Crippen molar-refractivity contribution < 1.29 is 4.79 Å². The summed E-state index contributed by atoms with van der Waals surface area (Å²) in [4.78, 5) is 28.1. The molecule has 140 valence electrons. The third kappa shape index (κ3) is 3.04. The van der Waals surface area contributed by atoms with Crippen molar-refractivity contribution in [3.05, 3.63) is 12.2 Å². The number of hydrogen-bond donors (Lipinski definition) is 1. The number of hydrogen-bond acceptors (Lipinski definition) is 5. The van der Waals surface area contributed by atoms with Gasteiger partial charge in [-0.15, -0.1) is 0 Å². The first-order chi connectivity index (χ1) is 12.4. The van der Waals surface area contributed by atoms with E-state index in [4.69, 9.17) is 4.98 Å². The Hall–Kier alpha value is -2.18. The minimum absolute atomic E-state index is 0.0607. The van der Waals surface area contributed by atoms with Crippen LogP contribution in [0.4, 0.5) is 5.82 Å². The predicted molar refractivity (Wildman–Crippen MR) is 101 cm³/mol. The standard InChI is InChI=1S/C19H28N6O/c1-5-25-16-14(23-18(25)19(2,3)4)15(20-11-21-16)22-13-8-9-24(10-13)17(26)12-6-7-12/h11-13H,5-10H2,1-4H3,(H,20,21,22)/t13-/m0/s1. The number of carbonyl (C=O) groups excluding carboxylic acids is 1. The second-order valence-corrected chi connectivity index (χ2v) is 8.51. The molecule has 7 nitrogen and oxygen atoms in total. The van der Waals surface area contributed by atoms with Crippen molar-refractivity contribution in [2.24, 2.45) is 5.92 Å². The van der Waals surface area contributed by atoms with E-state index in [9.17, 15) is 4.79 Å². The van der Waals surface area contributed by atoms with Crippen molar-refractivity contribution in [3.63, 3.8) is 0 Å². The molecule has 1 aliphatic heterocycles. The van der Waals surface area contributed by atoms with E-state index >= 15 is 0 Å². The van der Waals surface area contributed by atoms with Gasteiger partial charge in [-0.2, -0.15) is 0 Å². The number of anilines is 1. The van der Waals surface area contributed by atoms with Gasteiger partial charge in [-0.05, 0) is 26.2 Å². The molecule has 0 aromatic carbocycles. The van der Waals surface area contributed by atoms with Crippen molar-refractivity contribution >= 4 is 22.9 Å². The van der Waals surface area contributed by atoms with Gasteiger partial charge < -0.3 is 14.8 Å². The van der Waals surface area contributed by atoms with Crippen LogP contribution in [0.15, 0.2) is 6.33 Å². The number of fused-ring (bicyclic) bond motifs is 1. The predicted octanol–water partition coefficient (Wildman–Crippen LogP) is 2.57. The summed E-state index contributed by atoms with van der Waals surface area (Å²) in [6.45, 7) is 11.0. The van der Waals surface area contributed by atoms with Crippen LogP contribution in [-0.4, -0.2) is 49.5 Å². The van der Waals surface area contributed by atoms with Crippen molar-refractivity contribution in [1.82, 2.24) is 24.4 Å². The maximum absolute atomic E-state index is 12.3. The van der Waals surface area contributed by atoms with Gasteiger partial charge in [-0.1, -0.05) is 20.8 Å². The summed E-state index contributed by atoms with van der Waals surface area (Å²) in [7, 11) is 0. The van der Waals surface area contributed by atoms with Crippen LogP contribution in [0.1, 0.15) is 52.8 Å². The first-order valence-electron chi connectivity index (χ1n) is 9.65. The van der Waals surface area contributed by atoms with Crippen LogP contribution >= 0.6 is 0 Å². The number of nitrogens with one attached hydrogen (secondary N) is 1. The summed E-state index contributed by atoms with van der Waals surface area (Å²) in [6.07, 6.45) is 4.67. The number of aromatic nitrogens is 4. The molecule has 1 saturated carbocycles. The molecule has 1 atom stereocenters. The smallest absolute Gasteiger partial charge is 0.225 e. The number of aryl methyl sites for hydroxylation is 1. The summed E-state index contributed by atoms with van der Waals surface area (Å²) in [5, 5.41) is 3.52. The van der Waals surface area contributed by atoms with E-state index in [1.165, 1.54) is 0 Å². The van der Waals surface area contributed by atoms with E-state index in [2.05, 4.69) is 47.5 Å². The highest BCUT2D eigenvalue weighted by atomic mass is 16.2. The second-order valence-electron chi connectivity index (χ2n) is 8.51. The molecule has 0 spiro atoms. The molecule has 4 rings (SSSR count). The van der Waals surface area contributed by atoms with Crippen LogP contribution in [0.25, 0.3) is 11.2 Å².